The van der Waals surface area contributed by atoms with E-state index >= 15 is 0 Å². The summed E-state index contributed by atoms with van der Waals surface area (Å²) in [5.41, 5.74) is 1.37. The van der Waals surface area contributed by atoms with Crippen molar-refractivity contribution in [2.24, 2.45) is 0 Å². The summed E-state index contributed by atoms with van der Waals surface area (Å²) in [5, 5.41) is 10.2. The number of benzene rings is 1. The highest BCUT2D eigenvalue weighted by atomic mass is 16.5. The Morgan fingerprint density at radius 1 is 1.04 bits per heavy atom. The Morgan fingerprint density at radius 2 is 1.74 bits per heavy atom. The van der Waals surface area contributed by atoms with E-state index in [-0.39, 0.29) is 6.10 Å². The van der Waals surface area contributed by atoms with Crippen LogP contribution in [0.3, 0.4) is 0 Å². The van der Waals surface area contributed by atoms with Gasteiger partial charge in [-0.25, -0.2) is 0 Å². The van der Waals surface area contributed by atoms with Crippen molar-refractivity contribution in [3.8, 4) is 5.75 Å². The van der Waals surface area contributed by atoms with Gasteiger partial charge in [0.1, 0.15) is 5.75 Å². The second-order valence-corrected chi connectivity index (χ2v) is 6.89. The first-order valence-corrected chi connectivity index (χ1v) is 9.03. The molecule has 23 heavy (non-hydrogen) atoms. The van der Waals surface area contributed by atoms with Gasteiger partial charge in [-0.2, -0.15) is 0 Å². The van der Waals surface area contributed by atoms with Gasteiger partial charge >= 0.3 is 0 Å². The van der Waals surface area contributed by atoms with Crippen molar-refractivity contribution in [3.05, 3.63) is 29.8 Å². The molecule has 2 fully saturated rings. The molecule has 2 atom stereocenters. The molecule has 0 aromatic heterocycles. The van der Waals surface area contributed by atoms with Gasteiger partial charge < -0.3 is 14.7 Å². The summed E-state index contributed by atoms with van der Waals surface area (Å²) >= 11 is 0. The minimum absolute atomic E-state index is 0.102. The summed E-state index contributed by atoms with van der Waals surface area (Å²) < 4.78 is 5.21. The molecule has 2 aliphatic rings. The Kier molecular flexibility index (Phi) is 5.92. The molecule has 4 nitrogen and oxygen atoms in total. The monoisotopic (exact) mass is 318 g/mol. The predicted octanol–water partition coefficient (Wildman–Crippen LogP) is 2.16. The smallest absolute Gasteiger partial charge is 0.118 e. The van der Waals surface area contributed by atoms with Crippen molar-refractivity contribution in [1.29, 1.82) is 0 Å². The van der Waals surface area contributed by atoms with Crippen molar-refractivity contribution in [2.45, 2.75) is 44.2 Å². The standard InChI is InChI=1S/C19H30N2O2/c1-23-17-8-6-16(7-9-17)10-11-20-12-14-21(15-13-20)18-4-2-3-5-19(18)22/h6-9,18-19,22H,2-5,10-15H2,1H3/t18-,19+/m0/s1. The largest absolute Gasteiger partial charge is 0.497 e. The minimum atomic E-state index is -0.102. The summed E-state index contributed by atoms with van der Waals surface area (Å²) in [5.74, 6) is 0.924. The molecule has 1 N–H and O–H groups in total. The van der Waals surface area contributed by atoms with Gasteiger partial charge in [0.2, 0.25) is 0 Å². The van der Waals surface area contributed by atoms with Crippen molar-refractivity contribution < 1.29 is 9.84 Å². The molecule has 0 radical (unpaired) electrons. The Balaban J connectivity index is 1.42. The first-order chi connectivity index (χ1) is 11.3. The zero-order valence-corrected chi connectivity index (χ0v) is 14.3. The third kappa shape index (κ3) is 4.46. The molecule has 0 bridgehead atoms. The van der Waals surface area contributed by atoms with Crippen LogP contribution in [-0.2, 0) is 6.42 Å². The first-order valence-electron chi connectivity index (χ1n) is 9.03. The summed E-state index contributed by atoms with van der Waals surface area (Å²) in [6, 6.07) is 8.81. The van der Waals surface area contributed by atoms with E-state index < -0.39 is 0 Å². The molecule has 1 aliphatic heterocycles. The van der Waals surface area contributed by atoms with Gasteiger partial charge in [-0.15, -0.1) is 0 Å². The molecular formula is C19H30N2O2. The number of ether oxygens (including phenoxy) is 1. The fourth-order valence-corrected chi connectivity index (χ4v) is 3.92. The maximum absolute atomic E-state index is 10.2. The number of methoxy groups -OCH3 is 1. The van der Waals surface area contributed by atoms with E-state index in [4.69, 9.17) is 4.74 Å². The molecule has 0 unspecified atom stereocenters. The molecule has 1 aromatic rings. The fraction of sp³-hybridized carbons (Fsp3) is 0.684. The molecule has 1 saturated carbocycles. The molecule has 1 heterocycles. The van der Waals surface area contributed by atoms with Crippen LogP contribution in [-0.4, -0.2) is 66.9 Å². The molecule has 0 spiro atoms. The van der Waals surface area contributed by atoms with E-state index in [1.807, 2.05) is 12.1 Å². The summed E-state index contributed by atoms with van der Waals surface area (Å²) in [4.78, 5) is 5.07. The molecular weight excluding hydrogens is 288 g/mol. The van der Waals surface area contributed by atoms with Crippen LogP contribution < -0.4 is 4.74 Å². The van der Waals surface area contributed by atoms with Crippen molar-refractivity contribution in [1.82, 2.24) is 9.80 Å². The van der Waals surface area contributed by atoms with Crippen molar-refractivity contribution >= 4 is 0 Å². The third-order valence-corrected chi connectivity index (χ3v) is 5.45. The second kappa shape index (κ2) is 8.13. The maximum Gasteiger partial charge on any atom is 0.118 e. The number of aliphatic hydroxyl groups excluding tert-OH is 1. The minimum Gasteiger partial charge on any atom is -0.497 e. The lowest BCUT2D eigenvalue weighted by atomic mass is 9.91. The molecule has 1 saturated heterocycles. The van der Waals surface area contributed by atoms with Gasteiger partial charge in [0.05, 0.1) is 13.2 Å². The summed E-state index contributed by atoms with van der Waals surface area (Å²) in [7, 11) is 1.71. The quantitative estimate of drug-likeness (QED) is 0.902. The summed E-state index contributed by atoms with van der Waals surface area (Å²) in [6.45, 7) is 5.57. The number of nitrogens with zero attached hydrogens (tertiary/aromatic N) is 2. The highest BCUT2D eigenvalue weighted by Gasteiger charge is 2.30. The number of rotatable bonds is 5. The molecule has 128 valence electrons. The predicted molar refractivity (Wildman–Crippen MR) is 93.0 cm³/mol. The Morgan fingerprint density at radius 3 is 2.39 bits per heavy atom. The molecule has 3 rings (SSSR count). The van der Waals surface area contributed by atoms with Crippen LogP contribution in [0.4, 0.5) is 0 Å². The van der Waals surface area contributed by atoms with Crippen LogP contribution in [0.15, 0.2) is 24.3 Å². The summed E-state index contributed by atoms with van der Waals surface area (Å²) in [6.07, 6.45) is 5.62. The average molecular weight is 318 g/mol. The number of piperazine rings is 1. The zero-order chi connectivity index (χ0) is 16.1. The van der Waals surface area contributed by atoms with Crippen molar-refractivity contribution in [3.63, 3.8) is 0 Å². The van der Waals surface area contributed by atoms with Crippen LogP contribution in [0.2, 0.25) is 0 Å². The van der Waals surface area contributed by atoms with Crippen LogP contribution >= 0.6 is 0 Å². The highest BCUT2D eigenvalue weighted by molar-refractivity contribution is 5.27. The van der Waals surface area contributed by atoms with Gasteiger partial charge in [0.15, 0.2) is 0 Å². The zero-order valence-electron chi connectivity index (χ0n) is 14.3. The van der Waals surface area contributed by atoms with E-state index in [0.29, 0.717) is 6.04 Å². The maximum atomic E-state index is 10.2. The fourth-order valence-electron chi connectivity index (χ4n) is 3.92. The van der Waals surface area contributed by atoms with Crippen LogP contribution in [0.5, 0.6) is 5.75 Å². The molecule has 4 heteroatoms. The lowest BCUT2D eigenvalue weighted by molar-refractivity contribution is -0.00329. The molecule has 0 amide bonds. The topological polar surface area (TPSA) is 35.9 Å². The Labute approximate surface area is 140 Å². The van der Waals surface area contributed by atoms with E-state index in [9.17, 15) is 5.11 Å². The van der Waals surface area contributed by atoms with E-state index in [0.717, 1.165) is 51.3 Å². The Bertz CT molecular complexity index is 469. The second-order valence-electron chi connectivity index (χ2n) is 6.89. The van der Waals surface area contributed by atoms with Gasteiger partial charge in [0.25, 0.3) is 0 Å². The van der Waals surface area contributed by atoms with Gasteiger partial charge in [-0.05, 0) is 37.0 Å². The van der Waals surface area contributed by atoms with E-state index in [1.54, 1.807) is 7.11 Å². The lowest BCUT2D eigenvalue weighted by Crippen LogP contribution is -2.54. The number of hydrogen-bond donors (Lipinski definition) is 1. The van der Waals surface area contributed by atoms with Crippen molar-refractivity contribution in [2.75, 3.05) is 39.8 Å². The SMILES string of the molecule is COc1ccc(CCN2CCN([C@H]3CCCC[C@H]3O)CC2)cc1. The normalized spacial score (nSPS) is 27.0. The first kappa shape index (κ1) is 16.7. The number of hydrogen-bond acceptors (Lipinski definition) is 4. The highest BCUT2D eigenvalue weighted by Crippen LogP contribution is 2.24. The Hall–Kier alpha value is -1.10. The molecule has 1 aliphatic carbocycles. The lowest BCUT2D eigenvalue weighted by Gasteiger charge is -2.42. The van der Waals surface area contributed by atoms with Crippen LogP contribution in [0.1, 0.15) is 31.2 Å². The third-order valence-electron chi connectivity index (χ3n) is 5.45. The van der Waals surface area contributed by atoms with E-state index in [1.165, 1.54) is 24.8 Å². The van der Waals surface area contributed by atoms with Crippen LogP contribution in [0.25, 0.3) is 0 Å². The average Bonchev–Trinajstić information content (AvgIpc) is 2.61. The van der Waals surface area contributed by atoms with Crippen LogP contribution in [0, 0.1) is 0 Å². The van der Waals surface area contributed by atoms with Gasteiger partial charge in [-0.3, -0.25) is 4.90 Å². The number of aliphatic hydroxyl groups is 1. The molecule has 1 aromatic carbocycles. The van der Waals surface area contributed by atoms with E-state index in [2.05, 4.69) is 21.9 Å². The van der Waals surface area contributed by atoms with Gasteiger partial charge in [0, 0.05) is 38.8 Å². The van der Waals surface area contributed by atoms with Gasteiger partial charge in [-0.1, -0.05) is 25.0 Å².